The Bertz CT molecular complexity index is 2110. The van der Waals surface area contributed by atoms with Gasteiger partial charge in [-0.25, -0.2) is 9.79 Å². The molecule has 5 aromatic carbocycles. The van der Waals surface area contributed by atoms with E-state index in [1.165, 1.54) is 23.0 Å². The first-order valence-corrected chi connectivity index (χ1v) is 16.9. The van der Waals surface area contributed by atoms with E-state index in [9.17, 15) is 4.79 Å². The molecule has 10 heteroatoms. The van der Waals surface area contributed by atoms with Gasteiger partial charge in [0.15, 0.2) is 11.4 Å². The van der Waals surface area contributed by atoms with Gasteiger partial charge in [-0.2, -0.15) is 0 Å². The summed E-state index contributed by atoms with van der Waals surface area (Å²) in [6.07, 6.45) is 1.24. The summed E-state index contributed by atoms with van der Waals surface area (Å²) < 4.78 is 10.4. The molecule has 2 aliphatic rings. The molecule has 51 heavy (non-hydrogen) atoms. The van der Waals surface area contributed by atoms with E-state index in [-0.39, 0.29) is 9.95 Å². The number of rotatable bonds is 7. The van der Waals surface area contributed by atoms with Crippen molar-refractivity contribution in [3.63, 3.8) is 0 Å². The number of ether oxygens (including phenoxy) is 2. The number of amides is 2. The van der Waals surface area contributed by atoms with Crippen molar-refractivity contribution in [2.75, 3.05) is 24.0 Å². The molecular formula is C41H31N3O6S. The van der Waals surface area contributed by atoms with Crippen molar-refractivity contribution in [3.8, 4) is 5.75 Å². The number of thioether (sulfide) groups is 1. The van der Waals surface area contributed by atoms with Crippen LogP contribution in [-0.2, 0) is 9.53 Å². The lowest BCUT2D eigenvalue weighted by Crippen LogP contribution is -2.68. The molecule has 1 fully saturated rings. The summed E-state index contributed by atoms with van der Waals surface area (Å²) in [5.74, 6) is -2.80. The number of methoxy groups -OCH3 is 2. The first kappa shape index (κ1) is 33.2. The molecule has 0 N–H and O–H groups in total. The van der Waals surface area contributed by atoms with Gasteiger partial charge >= 0.3 is 5.97 Å². The zero-order chi connectivity index (χ0) is 35.5. The second-order valence-corrected chi connectivity index (χ2v) is 12.7. The molecule has 7 rings (SSSR count). The number of carbonyl (C=O) groups excluding carboxylic acids is 4. The normalized spacial score (nSPS) is 17.4. The smallest absolute Gasteiger partial charge is 0.331 e. The van der Waals surface area contributed by atoms with E-state index in [4.69, 9.17) is 14.5 Å². The second kappa shape index (κ2) is 13.9. The quantitative estimate of drug-likeness (QED) is 0.0976. The maximum absolute atomic E-state index is 15.2. The number of Topliss-reactive ketones (excluding diaryl/α,β-unsaturated/α-hetero) is 1. The van der Waals surface area contributed by atoms with Gasteiger partial charge in [0.1, 0.15) is 16.7 Å². The zero-order valence-electron chi connectivity index (χ0n) is 27.6. The van der Waals surface area contributed by atoms with Crippen molar-refractivity contribution in [3.05, 3.63) is 167 Å². The summed E-state index contributed by atoms with van der Waals surface area (Å²) in [6, 6.07) is 40.0. The largest absolute Gasteiger partial charge is 0.497 e. The molecule has 2 aliphatic heterocycles. The maximum Gasteiger partial charge on any atom is 0.331 e. The Morgan fingerprint density at radius 3 is 1.59 bits per heavy atom. The predicted octanol–water partition coefficient (Wildman–Crippen LogP) is 7.73. The van der Waals surface area contributed by atoms with Crippen molar-refractivity contribution < 1.29 is 28.7 Å². The van der Waals surface area contributed by atoms with Crippen molar-refractivity contribution in [1.29, 1.82) is 0 Å². The molecule has 1 spiro atoms. The average Bonchev–Trinajstić information content (AvgIpc) is 3.65. The highest BCUT2D eigenvalue weighted by atomic mass is 32.2. The molecule has 0 saturated carbocycles. The van der Waals surface area contributed by atoms with Gasteiger partial charge in [0.25, 0.3) is 11.8 Å². The van der Waals surface area contributed by atoms with E-state index >= 15 is 14.4 Å². The molecule has 1 saturated heterocycles. The van der Waals surface area contributed by atoms with Crippen LogP contribution in [0.15, 0.2) is 156 Å². The van der Waals surface area contributed by atoms with Crippen molar-refractivity contribution >= 4 is 57.4 Å². The third kappa shape index (κ3) is 5.79. The van der Waals surface area contributed by atoms with Crippen LogP contribution in [0.4, 0.5) is 17.1 Å². The SMILES string of the molecule is COC(=O)/C=C1\SC(=Nc2ccc(OC)cc2)C2(C1C(=O)c1ccccc1)N(C(=O)c1ccccc1)c1ccccc1N2C(=O)c1ccccc1. The molecule has 1 atom stereocenters. The molecular weight excluding hydrogens is 663 g/mol. The van der Waals surface area contributed by atoms with Crippen LogP contribution in [0, 0.1) is 5.92 Å². The molecule has 9 nitrogen and oxygen atoms in total. The molecule has 0 bridgehead atoms. The van der Waals surface area contributed by atoms with Gasteiger partial charge in [-0.05, 0) is 60.7 Å². The number of ketones is 1. The van der Waals surface area contributed by atoms with E-state index in [1.54, 1.807) is 147 Å². The maximum atomic E-state index is 15.2. The van der Waals surface area contributed by atoms with E-state index in [0.717, 1.165) is 11.8 Å². The molecule has 0 radical (unpaired) electrons. The van der Waals surface area contributed by atoms with E-state index in [2.05, 4.69) is 0 Å². The molecule has 252 valence electrons. The number of para-hydroxylation sites is 2. The van der Waals surface area contributed by atoms with Gasteiger partial charge in [-0.15, -0.1) is 0 Å². The fourth-order valence-electron chi connectivity index (χ4n) is 6.52. The number of nitrogens with zero attached hydrogens (tertiary/aromatic N) is 3. The fraction of sp³-hybridized carbons (Fsp3) is 0.0976. The number of hydrogen-bond donors (Lipinski definition) is 0. The Balaban J connectivity index is 1.62. The molecule has 2 amide bonds. The third-order valence-corrected chi connectivity index (χ3v) is 9.97. The first-order chi connectivity index (χ1) is 24.9. The van der Waals surface area contributed by atoms with Crippen LogP contribution in [-0.4, -0.2) is 48.5 Å². The standard InChI is InChI=1S/C41H31N3O6S/c1-49-31-24-22-30(23-25-31)42-40-41(36(34(51-40)26-35(45)50-2)37(46)27-14-6-3-7-15-27)43(38(47)28-16-8-4-9-17-28)32-20-12-13-21-33(32)44(41)39(48)29-18-10-5-11-19-29/h3-26,36H,1-2H3/b34-26-,42-40?. The van der Waals surface area contributed by atoms with Crippen molar-refractivity contribution in [2.45, 2.75) is 5.66 Å². The first-order valence-electron chi connectivity index (χ1n) is 16.1. The Morgan fingerprint density at radius 2 is 1.12 bits per heavy atom. The van der Waals surface area contributed by atoms with Crippen LogP contribution in [0.25, 0.3) is 0 Å². The summed E-state index contributed by atoms with van der Waals surface area (Å²) in [5.41, 5.74) is 0.294. The number of carbonyl (C=O) groups is 4. The van der Waals surface area contributed by atoms with Gasteiger partial charge in [0, 0.05) is 27.7 Å². The lowest BCUT2D eigenvalue weighted by molar-refractivity contribution is -0.134. The van der Waals surface area contributed by atoms with Gasteiger partial charge in [0.05, 0.1) is 31.3 Å². The van der Waals surface area contributed by atoms with Crippen LogP contribution in [0.1, 0.15) is 31.1 Å². The number of fused-ring (bicyclic) bond motifs is 1. The summed E-state index contributed by atoms with van der Waals surface area (Å²) >= 11 is 1.06. The van der Waals surface area contributed by atoms with Gasteiger partial charge in [-0.1, -0.05) is 90.6 Å². The summed E-state index contributed by atoms with van der Waals surface area (Å²) in [5, 5.41) is 0.224. The second-order valence-electron chi connectivity index (χ2n) is 11.7. The van der Waals surface area contributed by atoms with Crippen LogP contribution >= 0.6 is 11.8 Å². The van der Waals surface area contributed by atoms with Gasteiger partial charge < -0.3 is 9.47 Å². The molecule has 0 aliphatic carbocycles. The van der Waals surface area contributed by atoms with Crippen LogP contribution < -0.4 is 14.5 Å². The predicted molar refractivity (Wildman–Crippen MR) is 198 cm³/mol. The van der Waals surface area contributed by atoms with Crippen molar-refractivity contribution in [2.24, 2.45) is 10.9 Å². The third-order valence-electron chi connectivity index (χ3n) is 8.79. The number of hydrogen-bond acceptors (Lipinski definition) is 8. The van der Waals surface area contributed by atoms with E-state index in [0.29, 0.717) is 39.5 Å². The molecule has 2 heterocycles. The minimum atomic E-state index is -1.93. The molecule has 0 aromatic heterocycles. The van der Waals surface area contributed by atoms with Crippen LogP contribution in [0.3, 0.4) is 0 Å². The lowest BCUT2D eigenvalue weighted by atomic mass is 9.82. The topological polar surface area (TPSA) is 106 Å². The minimum Gasteiger partial charge on any atom is -0.497 e. The highest BCUT2D eigenvalue weighted by Gasteiger charge is 2.69. The van der Waals surface area contributed by atoms with E-state index < -0.39 is 35.1 Å². The number of anilines is 2. The highest BCUT2D eigenvalue weighted by Crippen LogP contribution is 2.60. The monoisotopic (exact) mass is 693 g/mol. The summed E-state index contributed by atoms with van der Waals surface area (Å²) in [4.78, 5) is 66.9. The summed E-state index contributed by atoms with van der Waals surface area (Å²) in [7, 11) is 2.80. The highest BCUT2D eigenvalue weighted by molar-refractivity contribution is 8.18. The van der Waals surface area contributed by atoms with Gasteiger partial charge in [0.2, 0.25) is 0 Å². The Morgan fingerprint density at radius 1 is 0.647 bits per heavy atom. The summed E-state index contributed by atoms with van der Waals surface area (Å²) in [6.45, 7) is 0. The number of aliphatic imine (C=N–C) groups is 1. The molecule has 5 aromatic rings. The number of esters is 1. The zero-order valence-corrected chi connectivity index (χ0v) is 28.4. The average molecular weight is 694 g/mol. The Kier molecular flexibility index (Phi) is 9.08. The van der Waals surface area contributed by atoms with Crippen LogP contribution in [0.2, 0.25) is 0 Å². The minimum absolute atomic E-state index is 0.224. The van der Waals surface area contributed by atoms with Crippen LogP contribution in [0.5, 0.6) is 5.75 Å². The van der Waals surface area contributed by atoms with Gasteiger partial charge in [-0.3, -0.25) is 24.2 Å². The van der Waals surface area contributed by atoms with Crippen molar-refractivity contribution in [1.82, 2.24) is 0 Å². The lowest BCUT2D eigenvalue weighted by Gasteiger charge is -2.44. The number of benzene rings is 5. The van der Waals surface area contributed by atoms with E-state index in [1.807, 2.05) is 0 Å². The molecule has 1 unspecified atom stereocenters. The fourth-order valence-corrected chi connectivity index (χ4v) is 7.89. The Labute approximate surface area is 298 Å². The Hall–Kier alpha value is -6.26.